The lowest BCUT2D eigenvalue weighted by atomic mass is 10.2. The molecule has 0 atom stereocenters. The molecule has 0 saturated heterocycles. The van der Waals surface area contributed by atoms with E-state index in [0.29, 0.717) is 0 Å². The summed E-state index contributed by atoms with van der Waals surface area (Å²) in [6, 6.07) is 7.67. The average Bonchev–Trinajstić information content (AvgIpc) is 1.85. The smallest absolute Gasteiger partial charge is 0.281 e. The van der Waals surface area contributed by atoms with Crippen molar-refractivity contribution < 1.29 is 4.79 Å². The highest BCUT2D eigenvalue weighted by Crippen LogP contribution is 2.17. The zero-order chi connectivity index (χ0) is 8.27. The summed E-state index contributed by atoms with van der Waals surface area (Å²) in [4.78, 5) is 11.4. The first kappa shape index (κ1) is 8.14. The van der Waals surface area contributed by atoms with E-state index in [2.05, 4.69) is 0 Å². The number of carbonyl (C=O) groups excluding carboxylic acids is 1. The fraction of sp³-hybridized carbons (Fsp3) is 0.125. The topological polar surface area (TPSA) is 43.1 Å². The van der Waals surface area contributed by atoms with Gasteiger partial charge in [0.25, 0.3) is 5.24 Å². The van der Waals surface area contributed by atoms with Gasteiger partial charge in [0.1, 0.15) is 0 Å². The van der Waals surface area contributed by atoms with E-state index < -0.39 is 0 Å². The van der Waals surface area contributed by atoms with Crippen LogP contribution in [0.2, 0.25) is 0 Å². The summed E-state index contributed by atoms with van der Waals surface area (Å²) in [5.74, 6) is 0. The molecule has 0 fully saturated rings. The highest BCUT2D eigenvalue weighted by atomic mass is 32.2. The van der Waals surface area contributed by atoms with Gasteiger partial charge < -0.3 is 5.73 Å². The third-order valence-corrected chi connectivity index (χ3v) is 1.90. The van der Waals surface area contributed by atoms with E-state index in [1.54, 1.807) is 0 Å². The lowest BCUT2D eigenvalue weighted by molar-refractivity contribution is 0.267. The molecule has 58 valence electrons. The monoisotopic (exact) mass is 167 g/mol. The Morgan fingerprint density at radius 3 is 2.82 bits per heavy atom. The highest BCUT2D eigenvalue weighted by Gasteiger charge is 1.97. The van der Waals surface area contributed by atoms with Crippen molar-refractivity contribution in [2.45, 2.75) is 11.8 Å². The molecule has 0 aliphatic heterocycles. The maximum atomic E-state index is 10.5. The highest BCUT2D eigenvalue weighted by molar-refractivity contribution is 8.13. The van der Waals surface area contributed by atoms with Gasteiger partial charge in [-0.2, -0.15) is 0 Å². The maximum Gasteiger partial charge on any atom is 0.281 e. The van der Waals surface area contributed by atoms with Gasteiger partial charge in [-0.15, -0.1) is 0 Å². The average molecular weight is 167 g/mol. The Balaban J connectivity index is 2.79. The molecule has 0 bridgehead atoms. The van der Waals surface area contributed by atoms with Gasteiger partial charge in [-0.25, -0.2) is 0 Å². The summed E-state index contributed by atoms with van der Waals surface area (Å²) in [6.07, 6.45) is 0. The van der Waals surface area contributed by atoms with E-state index in [4.69, 9.17) is 5.73 Å². The van der Waals surface area contributed by atoms with Crippen LogP contribution < -0.4 is 5.73 Å². The Bertz CT molecular complexity index is 273. The minimum Gasteiger partial charge on any atom is -0.360 e. The molecule has 0 aliphatic carbocycles. The molecule has 11 heavy (non-hydrogen) atoms. The summed E-state index contributed by atoms with van der Waals surface area (Å²) in [7, 11) is 0. The number of carbonyl (C=O) groups is 1. The molecule has 1 rings (SSSR count). The van der Waals surface area contributed by atoms with Crippen LogP contribution in [0.1, 0.15) is 5.56 Å². The van der Waals surface area contributed by atoms with Gasteiger partial charge in [-0.1, -0.05) is 17.7 Å². The SMILES string of the molecule is Cc1cccc(SC(N)=O)c1. The van der Waals surface area contributed by atoms with Crippen molar-refractivity contribution in [1.29, 1.82) is 0 Å². The number of amides is 1. The molecular formula is C8H9NOS. The van der Waals surface area contributed by atoms with Gasteiger partial charge >= 0.3 is 0 Å². The van der Waals surface area contributed by atoms with Crippen molar-refractivity contribution in [2.24, 2.45) is 5.73 Å². The largest absolute Gasteiger partial charge is 0.360 e. The molecule has 0 heterocycles. The van der Waals surface area contributed by atoms with E-state index >= 15 is 0 Å². The van der Waals surface area contributed by atoms with Crippen LogP contribution in [0.25, 0.3) is 0 Å². The van der Waals surface area contributed by atoms with Gasteiger partial charge in [-0.05, 0) is 30.8 Å². The van der Waals surface area contributed by atoms with Crippen LogP contribution in [-0.2, 0) is 0 Å². The number of aryl methyl sites for hydroxylation is 1. The van der Waals surface area contributed by atoms with Crippen LogP contribution in [-0.4, -0.2) is 5.24 Å². The molecule has 0 saturated carbocycles. The second-order valence-corrected chi connectivity index (χ2v) is 3.32. The zero-order valence-corrected chi connectivity index (χ0v) is 7.02. The normalized spacial score (nSPS) is 9.55. The Morgan fingerprint density at radius 2 is 2.27 bits per heavy atom. The molecule has 1 aromatic carbocycles. The quantitative estimate of drug-likeness (QED) is 0.651. The Labute approximate surface area is 69.8 Å². The van der Waals surface area contributed by atoms with E-state index in [0.717, 1.165) is 22.2 Å². The summed E-state index contributed by atoms with van der Waals surface area (Å²) < 4.78 is 0. The number of hydrogen-bond donors (Lipinski definition) is 1. The number of hydrogen-bond acceptors (Lipinski definition) is 2. The number of rotatable bonds is 1. The first-order valence-electron chi connectivity index (χ1n) is 3.22. The number of thioether (sulfide) groups is 1. The Hall–Kier alpha value is -0.960. The molecule has 0 unspecified atom stereocenters. The van der Waals surface area contributed by atoms with Crippen molar-refractivity contribution >= 4 is 17.0 Å². The van der Waals surface area contributed by atoms with Crippen molar-refractivity contribution in [3.8, 4) is 0 Å². The molecule has 2 nitrogen and oxygen atoms in total. The predicted molar refractivity (Wildman–Crippen MR) is 46.6 cm³/mol. The lowest BCUT2D eigenvalue weighted by Gasteiger charge is -1.96. The van der Waals surface area contributed by atoms with Gasteiger partial charge in [-0.3, -0.25) is 4.79 Å². The molecule has 0 radical (unpaired) electrons. The van der Waals surface area contributed by atoms with E-state index in [-0.39, 0.29) is 5.24 Å². The van der Waals surface area contributed by atoms with Gasteiger partial charge in [0, 0.05) is 4.90 Å². The summed E-state index contributed by atoms with van der Waals surface area (Å²) >= 11 is 1.05. The second-order valence-electron chi connectivity index (χ2n) is 2.24. The Kier molecular flexibility index (Phi) is 2.54. The van der Waals surface area contributed by atoms with Crippen LogP contribution in [0.15, 0.2) is 29.2 Å². The van der Waals surface area contributed by atoms with Crippen molar-refractivity contribution in [3.05, 3.63) is 29.8 Å². The van der Waals surface area contributed by atoms with Crippen molar-refractivity contribution in [2.75, 3.05) is 0 Å². The molecule has 2 N–H and O–H groups in total. The number of nitrogens with two attached hydrogens (primary N) is 1. The van der Waals surface area contributed by atoms with Crippen LogP contribution >= 0.6 is 11.8 Å². The zero-order valence-electron chi connectivity index (χ0n) is 6.20. The van der Waals surface area contributed by atoms with Crippen LogP contribution in [0.4, 0.5) is 4.79 Å². The standard InChI is InChI=1S/C8H9NOS/c1-6-3-2-4-7(5-6)11-8(9)10/h2-5H,1H3,(H2,9,10). The molecular weight excluding hydrogens is 158 g/mol. The molecule has 1 amide bonds. The third kappa shape index (κ3) is 2.63. The first-order chi connectivity index (χ1) is 5.18. The Morgan fingerprint density at radius 1 is 1.55 bits per heavy atom. The van der Waals surface area contributed by atoms with Crippen LogP contribution in [0, 0.1) is 6.92 Å². The van der Waals surface area contributed by atoms with Gasteiger partial charge in [0.05, 0.1) is 0 Å². The lowest BCUT2D eigenvalue weighted by Crippen LogP contribution is -2.01. The van der Waals surface area contributed by atoms with E-state index in [1.807, 2.05) is 31.2 Å². The third-order valence-electron chi connectivity index (χ3n) is 1.21. The molecule has 0 aliphatic rings. The van der Waals surface area contributed by atoms with Crippen LogP contribution in [0.3, 0.4) is 0 Å². The maximum absolute atomic E-state index is 10.5. The van der Waals surface area contributed by atoms with E-state index in [1.165, 1.54) is 0 Å². The minimum atomic E-state index is -0.365. The van der Waals surface area contributed by atoms with Gasteiger partial charge in [0.2, 0.25) is 0 Å². The number of benzene rings is 1. The summed E-state index contributed by atoms with van der Waals surface area (Å²) in [6.45, 7) is 1.98. The molecule has 3 heteroatoms. The van der Waals surface area contributed by atoms with Gasteiger partial charge in [0.15, 0.2) is 0 Å². The summed E-state index contributed by atoms with van der Waals surface area (Å²) in [5.41, 5.74) is 6.13. The predicted octanol–water partition coefficient (Wildman–Crippen LogP) is 2.17. The molecule has 0 aromatic heterocycles. The van der Waals surface area contributed by atoms with E-state index in [9.17, 15) is 4.79 Å². The molecule has 0 spiro atoms. The number of primary amides is 1. The fourth-order valence-electron chi connectivity index (χ4n) is 0.795. The van der Waals surface area contributed by atoms with Crippen LogP contribution in [0.5, 0.6) is 0 Å². The molecule has 1 aromatic rings. The second kappa shape index (κ2) is 3.44. The minimum absolute atomic E-state index is 0.365. The summed E-state index contributed by atoms with van der Waals surface area (Å²) in [5, 5.41) is -0.365. The van der Waals surface area contributed by atoms with Crippen molar-refractivity contribution in [1.82, 2.24) is 0 Å². The first-order valence-corrected chi connectivity index (χ1v) is 4.04. The van der Waals surface area contributed by atoms with Crippen molar-refractivity contribution in [3.63, 3.8) is 0 Å². The fourth-order valence-corrected chi connectivity index (χ4v) is 1.42.